The lowest BCUT2D eigenvalue weighted by Gasteiger charge is -2.34. The second kappa shape index (κ2) is 8.01. The van der Waals surface area contributed by atoms with Crippen molar-refractivity contribution in [1.82, 2.24) is 0 Å². The summed E-state index contributed by atoms with van der Waals surface area (Å²) in [4.78, 5) is 13.0. The number of sulfonamides is 1. The van der Waals surface area contributed by atoms with Crippen LogP contribution >= 0.6 is 11.6 Å². The van der Waals surface area contributed by atoms with Crippen LogP contribution in [0.25, 0.3) is 0 Å². The minimum absolute atomic E-state index is 0.121. The monoisotopic (exact) mass is 442 g/mol. The van der Waals surface area contributed by atoms with Crippen molar-refractivity contribution < 1.29 is 17.9 Å². The molecule has 0 spiro atoms. The molecule has 1 atom stereocenters. The Labute approximate surface area is 180 Å². The maximum atomic E-state index is 13.3. The first-order chi connectivity index (χ1) is 14.3. The third-order valence-corrected chi connectivity index (χ3v) is 6.73. The Kier molecular flexibility index (Phi) is 5.40. The molecule has 0 aliphatic carbocycles. The first-order valence-corrected chi connectivity index (χ1v) is 11.1. The van der Waals surface area contributed by atoms with Crippen molar-refractivity contribution in [3.63, 3.8) is 0 Å². The van der Waals surface area contributed by atoms with E-state index in [9.17, 15) is 13.2 Å². The SMILES string of the molecule is Cc1cccc(NC(=O)C2CN(S(=O)(=O)c3ccccc3)c3cc(Cl)ccc3O2)c1. The molecule has 0 fully saturated rings. The highest BCUT2D eigenvalue weighted by atomic mass is 35.5. The van der Waals surface area contributed by atoms with E-state index in [-0.39, 0.29) is 17.2 Å². The Morgan fingerprint density at radius 2 is 1.83 bits per heavy atom. The predicted molar refractivity (Wildman–Crippen MR) is 117 cm³/mol. The number of hydrogen-bond donors (Lipinski definition) is 1. The number of benzene rings is 3. The summed E-state index contributed by atoms with van der Waals surface area (Å²) in [5.74, 6) is -0.163. The molecule has 0 aromatic heterocycles. The van der Waals surface area contributed by atoms with Crippen molar-refractivity contribution in [3.8, 4) is 5.75 Å². The second-order valence-electron chi connectivity index (χ2n) is 6.93. The molecule has 1 unspecified atom stereocenters. The number of amides is 1. The third kappa shape index (κ3) is 3.99. The first-order valence-electron chi connectivity index (χ1n) is 9.26. The number of carbonyl (C=O) groups excluding carboxylic acids is 1. The molecular formula is C22H19ClN2O4S. The highest BCUT2D eigenvalue weighted by molar-refractivity contribution is 7.92. The average Bonchev–Trinajstić information content (AvgIpc) is 2.73. The Hall–Kier alpha value is -3.03. The van der Waals surface area contributed by atoms with E-state index in [1.54, 1.807) is 36.4 Å². The zero-order chi connectivity index (χ0) is 21.3. The van der Waals surface area contributed by atoms with Crippen LogP contribution in [0, 0.1) is 6.92 Å². The van der Waals surface area contributed by atoms with Gasteiger partial charge in [0.1, 0.15) is 5.75 Å². The Morgan fingerprint density at radius 3 is 2.57 bits per heavy atom. The Balaban J connectivity index is 1.70. The fourth-order valence-corrected chi connectivity index (χ4v) is 4.91. The molecule has 0 bridgehead atoms. The van der Waals surface area contributed by atoms with Gasteiger partial charge in [-0.05, 0) is 55.0 Å². The number of hydrogen-bond acceptors (Lipinski definition) is 4. The molecule has 3 aromatic rings. The summed E-state index contributed by atoms with van der Waals surface area (Å²) in [5, 5.41) is 3.16. The fourth-order valence-electron chi connectivity index (χ4n) is 3.25. The zero-order valence-corrected chi connectivity index (χ0v) is 17.7. The molecule has 4 rings (SSSR count). The molecule has 1 aliphatic rings. The minimum atomic E-state index is -3.92. The molecule has 1 N–H and O–H groups in total. The molecule has 1 aliphatic heterocycles. The number of anilines is 2. The summed E-state index contributed by atoms with van der Waals surface area (Å²) in [7, 11) is -3.92. The van der Waals surface area contributed by atoms with Gasteiger partial charge < -0.3 is 10.1 Å². The van der Waals surface area contributed by atoms with Crippen LogP contribution in [0.3, 0.4) is 0 Å². The minimum Gasteiger partial charge on any atom is -0.476 e. The van der Waals surface area contributed by atoms with Gasteiger partial charge in [0.25, 0.3) is 15.9 Å². The smallest absolute Gasteiger partial charge is 0.267 e. The number of ether oxygens (including phenoxy) is 1. The van der Waals surface area contributed by atoms with E-state index in [0.717, 1.165) is 5.56 Å². The molecule has 0 saturated heterocycles. The van der Waals surface area contributed by atoms with Gasteiger partial charge in [-0.1, -0.05) is 41.9 Å². The largest absolute Gasteiger partial charge is 0.476 e. The lowest BCUT2D eigenvalue weighted by atomic mass is 10.2. The number of nitrogens with zero attached hydrogens (tertiary/aromatic N) is 1. The molecule has 1 amide bonds. The van der Waals surface area contributed by atoms with Crippen LogP contribution in [0.4, 0.5) is 11.4 Å². The van der Waals surface area contributed by atoms with Gasteiger partial charge in [-0.25, -0.2) is 8.42 Å². The molecule has 6 nitrogen and oxygen atoms in total. The normalized spacial score (nSPS) is 15.8. The molecule has 3 aromatic carbocycles. The van der Waals surface area contributed by atoms with Crippen LogP contribution in [0.5, 0.6) is 5.75 Å². The molecule has 1 heterocycles. The molecule has 0 saturated carbocycles. The van der Waals surface area contributed by atoms with Crippen molar-refractivity contribution in [2.45, 2.75) is 17.9 Å². The van der Waals surface area contributed by atoms with Crippen LogP contribution in [0.2, 0.25) is 5.02 Å². The molecule has 30 heavy (non-hydrogen) atoms. The van der Waals surface area contributed by atoms with E-state index in [2.05, 4.69) is 5.32 Å². The summed E-state index contributed by atoms with van der Waals surface area (Å²) in [6.07, 6.45) is -1.03. The number of rotatable bonds is 4. The lowest BCUT2D eigenvalue weighted by molar-refractivity contribution is -0.122. The van der Waals surface area contributed by atoms with Gasteiger partial charge in [-0.2, -0.15) is 0 Å². The summed E-state index contributed by atoms with van der Waals surface area (Å²) in [6, 6.07) is 20.1. The first kappa shape index (κ1) is 20.3. The highest BCUT2D eigenvalue weighted by Crippen LogP contribution is 2.39. The Morgan fingerprint density at radius 1 is 1.07 bits per heavy atom. The van der Waals surface area contributed by atoms with Crippen molar-refractivity contribution in [2.24, 2.45) is 0 Å². The van der Waals surface area contributed by atoms with Gasteiger partial charge in [-0.3, -0.25) is 9.10 Å². The van der Waals surface area contributed by atoms with E-state index in [4.69, 9.17) is 16.3 Å². The fraction of sp³-hybridized carbons (Fsp3) is 0.136. The van der Waals surface area contributed by atoms with E-state index < -0.39 is 22.0 Å². The van der Waals surface area contributed by atoms with E-state index in [1.807, 2.05) is 25.1 Å². The number of fused-ring (bicyclic) bond motifs is 1. The molecule has 0 radical (unpaired) electrons. The van der Waals surface area contributed by atoms with Gasteiger partial charge in [-0.15, -0.1) is 0 Å². The van der Waals surface area contributed by atoms with E-state index in [1.165, 1.54) is 22.5 Å². The van der Waals surface area contributed by atoms with Crippen LogP contribution in [0.15, 0.2) is 77.7 Å². The topological polar surface area (TPSA) is 75.7 Å². The predicted octanol–water partition coefficient (Wildman–Crippen LogP) is 4.24. The van der Waals surface area contributed by atoms with Crippen molar-refractivity contribution in [2.75, 3.05) is 16.2 Å². The van der Waals surface area contributed by atoms with Crippen molar-refractivity contribution in [1.29, 1.82) is 0 Å². The Bertz CT molecular complexity index is 1200. The molecular weight excluding hydrogens is 424 g/mol. The van der Waals surface area contributed by atoms with Crippen molar-refractivity contribution >= 4 is 38.9 Å². The van der Waals surface area contributed by atoms with Gasteiger partial charge in [0.2, 0.25) is 0 Å². The van der Waals surface area contributed by atoms with Crippen LogP contribution in [-0.2, 0) is 14.8 Å². The third-order valence-electron chi connectivity index (χ3n) is 4.70. The quantitative estimate of drug-likeness (QED) is 0.655. The highest BCUT2D eigenvalue weighted by Gasteiger charge is 2.37. The van der Waals surface area contributed by atoms with E-state index in [0.29, 0.717) is 16.4 Å². The maximum Gasteiger partial charge on any atom is 0.267 e. The average molecular weight is 443 g/mol. The number of carbonyl (C=O) groups is 1. The molecule has 154 valence electrons. The van der Waals surface area contributed by atoms with Gasteiger partial charge >= 0.3 is 0 Å². The van der Waals surface area contributed by atoms with Crippen LogP contribution < -0.4 is 14.4 Å². The number of aryl methyl sites for hydroxylation is 1. The van der Waals surface area contributed by atoms with Gasteiger partial charge in [0.15, 0.2) is 6.10 Å². The molecule has 8 heteroatoms. The summed E-state index contributed by atoms with van der Waals surface area (Å²) >= 11 is 6.10. The van der Waals surface area contributed by atoms with E-state index >= 15 is 0 Å². The zero-order valence-electron chi connectivity index (χ0n) is 16.1. The van der Waals surface area contributed by atoms with Crippen LogP contribution in [0.1, 0.15) is 5.56 Å². The summed E-state index contributed by atoms with van der Waals surface area (Å²) in [5.41, 5.74) is 1.90. The summed E-state index contributed by atoms with van der Waals surface area (Å²) in [6.45, 7) is 1.74. The van der Waals surface area contributed by atoms with Crippen LogP contribution in [-0.4, -0.2) is 27.0 Å². The standard InChI is InChI=1S/C22H19ClN2O4S/c1-15-6-5-7-17(12-15)24-22(26)21-14-25(19-13-16(23)10-11-20(19)29-21)30(27,28)18-8-3-2-4-9-18/h2-13,21H,14H2,1H3,(H,24,26). The van der Waals surface area contributed by atoms with Crippen molar-refractivity contribution in [3.05, 3.63) is 83.4 Å². The van der Waals surface area contributed by atoms with Gasteiger partial charge in [0, 0.05) is 10.7 Å². The maximum absolute atomic E-state index is 13.3. The number of halogens is 1. The second-order valence-corrected chi connectivity index (χ2v) is 9.23. The van der Waals surface area contributed by atoms with Gasteiger partial charge in [0.05, 0.1) is 17.1 Å². The number of nitrogens with one attached hydrogen (secondary N) is 1. The summed E-state index contributed by atoms with van der Waals surface area (Å²) < 4.78 is 33.7. The lowest BCUT2D eigenvalue weighted by Crippen LogP contribution is -2.48.